The maximum Gasteiger partial charge on any atom is 0.214 e. The fraction of sp³-hybridized carbons (Fsp3) is 0.0417. The second-order valence-corrected chi connectivity index (χ2v) is 13.9. The standard InChI is InChI=1S/C48H34N4/c1-4-14-32(15-5-1)39-30-35(24-27-41(39)49-48-47(34-17-6-2-7-18-34)52(48)44-23-13-12-22-42(44)50-48)36-26-28-43-40(31-36)46-38-21-11-10-16-33(38)25-29-45(46)51(43)37-19-8-3-9-20-37/h1-31,47,49-50H/t47?,48-,52?/m0/s1. The Morgan fingerprint density at radius 1 is 0.519 bits per heavy atom. The van der Waals surface area contributed by atoms with E-state index in [0.717, 1.165) is 17.1 Å². The van der Waals surface area contributed by atoms with Gasteiger partial charge in [-0.2, -0.15) is 0 Å². The number of aromatic nitrogens is 1. The highest BCUT2D eigenvalue weighted by Crippen LogP contribution is 2.62. The number of nitrogens with one attached hydrogen (secondary N) is 2. The lowest BCUT2D eigenvalue weighted by Crippen LogP contribution is -2.34. The fourth-order valence-corrected chi connectivity index (χ4v) is 8.65. The highest BCUT2D eigenvalue weighted by atomic mass is 15.6. The van der Waals surface area contributed by atoms with Crippen molar-refractivity contribution in [2.45, 2.75) is 11.8 Å². The first-order valence-corrected chi connectivity index (χ1v) is 18.0. The first-order chi connectivity index (χ1) is 25.8. The van der Waals surface area contributed by atoms with Crippen molar-refractivity contribution in [2.75, 3.05) is 15.5 Å². The lowest BCUT2D eigenvalue weighted by atomic mass is 9.95. The number of hydrogen-bond donors (Lipinski definition) is 2. The van der Waals surface area contributed by atoms with Crippen molar-refractivity contribution in [2.24, 2.45) is 0 Å². The van der Waals surface area contributed by atoms with E-state index >= 15 is 0 Å². The molecule has 1 saturated heterocycles. The Kier molecular flexibility index (Phi) is 6.20. The SMILES string of the molecule is c1ccc(-c2cc(-c3ccc4c(c3)c3c5ccccc5ccc3n4-c3ccccc3)ccc2N[C@@]23Nc4ccccc4N2C3c2ccccc2)cc1. The van der Waals surface area contributed by atoms with E-state index in [9.17, 15) is 0 Å². The Morgan fingerprint density at radius 2 is 1.19 bits per heavy atom. The predicted molar refractivity (Wildman–Crippen MR) is 217 cm³/mol. The summed E-state index contributed by atoms with van der Waals surface area (Å²) in [6.07, 6.45) is 0. The minimum atomic E-state index is -0.463. The van der Waals surface area contributed by atoms with Crippen molar-refractivity contribution in [3.05, 3.63) is 194 Å². The van der Waals surface area contributed by atoms with Gasteiger partial charge in [-0.3, -0.25) is 0 Å². The van der Waals surface area contributed by atoms with Gasteiger partial charge in [0.05, 0.1) is 22.4 Å². The fourth-order valence-electron chi connectivity index (χ4n) is 8.65. The number of rotatable bonds is 6. The van der Waals surface area contributed by atoms with E-state index in [0.29, 0.717) is 0 Å². The summed E-state index contributed by atoms with van der Waals surface area (Å²) in [6, 6.07) is 68.1. The highest BCUT2D eigenvalue weighted by molar-refractivity contribution is 6.22. The quantitative estimate of drug-likeness (QED) is 0.173. The Balaban J connectivity index is 1.07. The van der Waals surface area contributed by atoms with Crippen LogP contribution in [0, 0.1) is 0 Å². The Morgan fingerprint density at radius 3 is 2.04 bits per heavy atom. The van der Waals surface area contributed by atoms with Gasteiger partial charge in [0, 0.05) is 27.7 Å². The van der Waals surface area contributed by atoms with Gasteiger partial charge >= 0.3 is 0 Å². The zero-order chi connectivity index (χ0) is 34.2. The second-order valence-electron chi connectivity index (χ2n) is 13.9. The molecule has 2 N–H and O–H groups in total. The molecule has 11 rings (SSSR count). The third kappa shape index (κ3) is 4.28. The molecule has 2 atom stereocenters. The van der Waals surface area contributed by atoms with Crippen LogP contribution in [0.5, 0.6) is 0 Å². The highest BCUT2D eigenvalue weighted by Gasteiger charge is 2.68. The monoisotopic (exact) mass is 666 g/mol. The average molecular weight is 667 g/mol. The number of benzene rings is 8. The first-order valence-electron chi connectivity index (χ1n) is 18.0. The number of fused-ring (bicyclic) bond motifs is 8. The third-order valence-corrected chi connectivity index (χ3v) is 11.0. The van der Waals surface area contributed by atoms with Crippen LogP contribution in [0.2, 0.25) is 0 Å². The molecule has 0 bridgehead atoms. The van der Waals surface area contributed by atoms with E-state index in [1.807, 2.05) is 0 Å². The maximum atomic E-state index is 4.04. The average Bonchev–Trinajstić information content (AvgIpc) is 3.53. The Bertz CT molecular complexity index is 2800. The molecule has 246 valence electrons. The summed E-state index contributed by atoms with van der Waals surface area (Å²) < 4.78 is 2.40. The zero-order valence-corrected chi connectivity index (χ0v) is 28.4. The molecule has 0 radical (unpaired) electrons. The van der Waals surface area contributed by atoms with Gasteiger partial charge in [0.1, 0.15) is 6.04 Å². The number of para-hydroxylation sites is 3. The van der Waals surface area contributed by atoms with Crippen LogP contribution in [-0.4, -0.2) is 10.4 Å². The molecule has 2 aliphatic heterocycles. The molecular formula is C48H34N4. The van der Waals surface area contributed by atoms with Gasteiger partial charge in [-0.15, -0.1) is 0 Å². The minimum absolute atomic E-state index is 0.158. The summed E-state index contributed by atoms with van der Waals surface area (Å²) in [5.74, 6) is -0.463. The molecule has 4 heteroatoms. The Hall–Kier alpha value is -6.78. The van der Waals surface area contributed by atoms with Gasteiger partial charge in [0.15, 0.2) is 0 Å². The van der Waals surface area contributed by atoms with E-state index in [-0.39, 0.29) is 6.04 Å². The van der Waals surface area contributed by atoms with Gasteiger partial charge in [0.25, 0.3) is 0 Å². The second kappa shape index (κ2) is 11.1. The Labute approximate surface area is 302 Å². The molecule has 0 saturated carbocycles. The van der Waals surface area contributed by atoms with Crippen molar-refractivity contribution in [3.8, 4) is 27.9 Å². The van der Waals surface area contributed by atoms with Crippen molar-refractivity contribution in [3.63, 3.8) is 0 Å². The topological polar surface area (TPSA) is 32.0 Å². The summed E-state index contributed by atoms with van der Waals surface area (Å²) in [5.41, 5.74) is 13.0. The summed E-state index contributed by atoms with van der Waals surface area (Å²) in [6.45, 7) is 0. The molecule has 1 aromatic heterocycles. The summed E-state index contributed by atoms with van der Waals surface area (Å²) >= 11 is 0. The normalized spacial score (nSPS) is 17.2. The van der Waals surface area contributed by atoms with Crippen molar-refractivity contribution in [1.82, 2.24) is 4.57 Å². The van der Waals surface area contributed by atoms with Crippen LogP contribution in [0.15, 0.2) is 188 Å². The van der Waals surface area contributed by atoms with Crippen molar-refractivity contribution >= 4 is 49.6 Å². The lowest BCUT2D eigenvalue weighted by Gasteiger charge is -2.22. The van der Waals surface area contributed by atoms with Crippen LogP contribution in [0.25, 0.3) is 60.5 Å². The molecular weight excluding hydrogens is 633 g/mol. The van der Waals surface area contributed by atoms with Gasteiger partial charge in [-0.05, 0) is 87.6 Å². The van der Waals surface area contributed by atoms with Gasteiger partial charge in [-0.25, -0.2) is 0 Å². The largest absolute Gasteiger partial charge is 0.343 e. The maximum absolute atomic E-state index is 4.04. The number of hydrogen-bond acceptors (Lipinski definition) is 3. The molecule has 52 heavy (non-hydrogen) atoms. The molecule has 1 unspecified atom stereocenters. The van der Waals surface area contributed by atoms with Gasteiger partial charge in [-0.1, -0.05) is 133 Å². The number of nitrogens with zero attached hydrogens (tertiary/aromatic N) is 2. The van der Waals surface area contributed by atoms with E-state index in [1.165, 1.54) is 66.1 Å². The van der Waals surface area contributed by atoms with Crippen molar-refractivity contribution < 1.29 is 0 Å². The summed E-state index contributed by atoms with van der Waals surface area (Å²) in [7, 11) is 0. The van der Waals surface area contributed by atoms with Gasteiger partial charge in [0.2, 0.25) is 5.79 Å². The van der Waals surface area contributed by atoms with Crippen LogP contribution in [0.3, 0.4) is 0 Å². The zero-order valence-electron chi connectivity index (χ0n) is 28.4. The molecule has 2 aliphatic rings. The molecule has 8 aromatic carbocycles. The van der Waals surface area contributed by atoms with Crippen LogP contribution < -0.4 is 15.5 Å². The summed E-state index contributed by atoms with van der Waals surface area (Å²) in [4.78, 5) is 2.47. The third-order valence-electron chi connectivity index (χ3n) is 11.0. The van der Waals surface area contributed by atoms with Crippen LogP contribution in [0.1, 0.15) is 11.6 Å². The lowest BCUT2D eigenvalue weighted by molar-refractivity contribution is 0.818. The minimum Gasteiger partial charge on any atom is -0.343 e. The van der Waals surface area contributed by atoms with Crippen LogP contribution in [0.4, 0.5) is 17.1 Å². The molecule has 1 fully saturated rings. The smallest absolute Gasteiger partial charge is 0.214 e. The van der Waals surface area contributed by atoms with E-state index in [4.69, 9.17) is 0 Å². The van der Waals surface area contributed by atoms with E-state index in [1.54, 1.807) is 0 Å². The first kappa shape index (κ1) is 29.0. The van der Waals surface area contributed by atoms with Crippen LogP contribution >= 0.6 is 0 Å². The van der Waals surface area contributed by atoms with Gasteiger partial charge < -0.3 is 20.1 Å². The van der Waals surface area contributed by atoms with Crippen LogP contribution in [-0.2, 0) is 0 Å². The molecule has 9 aromatic rings. The van der Waals surface area contributed by atoms with E-state index in [2.05, 4.69) is 208 Å². The molecule has 0 aliphatic carbocycles. The van der Waals surface area contributed by atoms with Crippen molar-refractivity contribution in [1.29, 1.82) is 0 Å². The molecule has 3 heterocycles. The summed E-state index contributed by atoms with van der Waals surface area (Å²) in [5, 5.41) is 13.0. The van der Waals surface area contributed by atoms with E-state index < -0.39 is 5.79 Å². The molecule has 4 nitrogen and oxygen atoms in total. The molecule has 0 spiro atoms. The predicted octanol–water partition coefficient (Wildman–Crippen LogP) is 12.0. The number of anilines is 3. The molecule has 0 amide bonds.